The van der Waals surface area contributed by atoms with Crippen molar-refractivity contribution in [1.29, 1.82) is 0 Å². The third-order valence-electron chi connectivity index (χ3n) is 10.4. The molecule has 65 heavy (non-hydrogen) atoms. The molecule has 1 radical (unpaired) electrons. The van der Waals surface area contributed by atoms with E-state index in [0.29, 0.717) is 33.2 Å². The van der Waals surface area contributed by atoms with E-state index in [4.69, 9.17) is 18.9 Å². The first kappa shape index (κ1) is 58.2. The van der Waals surface area contributed by atoms with Gasteiger partial charge in [-0.3, -0.25) is 14.4 Å². The van der Waals surface area contributed by atoms with Gasteiger partial charge >= 0.3 is 55.8 Å². The molecule has 0 N–H and O–H groups in total. The van der Waals surface area contributed by atoms with Crippen molar-refractivity contribution < 1.29 is 47.4 Å². The predicted molar refractivity (Wildman–Crippen MR) is 268 cm³/mol. The maximum atomic E-state index is 12.7. The topological polar surface area (TPSA) is 126 Å². The van der Waals surface area contributed by atoms with Crippen LogP contribution in [0.4, 0.5) is 9.59 Å². The summed E-state index contributed by atoms with van der Waals surface area (Å²) in [7, 11) is 2.11. The molecule has 0 unspecified atom stereocenters. The average molecular weight is 1000 g/mol. The van der Waals surface area contributed by atoms with E-state index >= 15 is 0 Å². The van der Waals surface area contributed by atoms with Crippen LogP contribution in [0.5, 0.6) is 0 Å². The second kappa shape index (κ2) is 31.2. The number of amides is 2. The second-order valence-electron chi connectivity index (χ2n) is 18.1. The number of hydrogen-bond donors (Lipinski definition) is 1. The minimum absolute atomic E-state index is 0. The van der Waals surface area contributed by atoms with Crippen LogP contribution in [-0.2, 0) is 45.6 Å². The number of ether oxygens (including phenoxy) is 4. The fourth-order valence-electron chi connectivity index (χ4n) is 6.74. The summed E-state index contributed by atoms with van der Waals surface area (Å²) in [5, 5.41) is 0. The van der Waals surface area contributed by atoms with Crippen LogP contribution in [0.2, 0.25) is 51.4 Å². The Morgan fingerprint density at radius 3 is 1.69 bits per heavy atom. The number of rotatable bonds is 17. The molecule has 2 amide bonds. The number of hydrogen-bond acceptors (Lipinski definition) is 10. The molecule has 19 heteroatoms. The first-order valence-corrected chi connectivity index (χ1v) is 30.9. The molecule has 2 aliphatic rings. The number of imidazole rings is 2. The van der Waals surface area contributed by atoms with Crippen LogP contribution in [0.3, 0.4) is 0 Å². The van der Waals surface area contributed by atoms with E-state index in [2.05, 4.69) is 104 Å². The Bertz CT molecular complexity index is 1940. The molecule has 2 aromatic carbocycles. The van der Waals surface area contributed by atoms with E-state index < -0.39 is 16.1 Å². The van der Waals surface area contributed by atoms with Crippen molar-refractivity contribution in [3.63, 3.8) is 0 Å². The summed E-state index contributed by atoms with van der Waals surface area (Å²) in [6, 6.07) is 21.7. The van der Waals surface area contributed by atoms with Gasteiger partial charge in [0, 0.05) is 42.5 Å². The molecular formula is C46H71BBrLiN7O6SSi2. The number of halogens is 1. The minimum atomic E-state index is -1.13. The summed E-state index contributed by atoms with van der Waals surface area (Å²) >= 11 is 6.71. The van der Waals surface area contributed by atoms with Crippen LogP contribution in [0.15, 0.2) is 88.4 Å². The van der Waals surface area contributed by atoms with E-state index in [9.17, 15) is 9.59 Å². The molecule has 2 atom stereocenters. The Morgan fingerprint density at radius 2 is 1.25 bits per heavy atom. The van der Waals surface area contributed by atoms with Crippen molar-refractivity contribution in [1.82, 2.24) is 28.9 Å². The van der Waals surface area contributed by atoms with Gasteiger partial charge in [-0.2, -0.15) is 6.42 Å². The fraction of sp³-hybridized carbons (Fsp3) is 0.543. The Balaban J connectivity index is 0.000000386. The van der Waals surface area contributed by atoms with E-state index in [0.717, 1.165) is 84.7 Å². The maximum Gasteiger partial charge on any atom is 1.00 e. The van der Waals surface area contributed by atoms with E-state index in [1.165, 1.54) is 6.42 Å². The molecule has 0 saturated carbocycles. The van der Waals surface area contributed by atoms with Crippen molar-refractivity contribution in [2.45, 2.75) is 136 Å². The van der Waals surface area contributed by atoms with Gasteiger partial charge in [0.1, 0.15) is 26.7 Å². The molecule has 2 aromatic heterocycles. The van der Waals surface area contributed by atoms with Crippen molar-refractivity contribution in [2.24, 2.45) is 4.30 Å². The first-order valence-electron chi connectivity index (χ1n) is 22.3. The number of nitrogens with zero attached hydrogens (tertiary/aromatic N) is 7. The molecule has 0 aliphatic carbocycles. The molecule has 351 valence electrons. The summed E-state index contributed by atoms with van der Waals surface area (Å²) in [5.41, 5.74) is 3.98. The van der Waals surface area contributed by atoms with Gasteiger partial charge in [-0.25, -0.2) is 19.6 Å². The van der Waals surface area contributed by atoms with Crippen molar-refractivity contribution in [3.05, 3.63) is 114 Å². The van der Waals surface area contributed by atoms with Crippen LogP contribution in [-0.4, -0.2) is 91.2 Å². The molecule has 13 nitrogen and oxygen atoms in total. The molecule has 2 aliphatic heterocycles. The zero-order valence-electron chi connectivity index (χ0n) is 40.2. The van der Waals surface area contributed by atoms with Crippen molar-refractivity contribution >= 4 is 64.7 Å². The molecular weight excluding hydrogens is 932 g/mol. The third-order valence-corrected chi connectivity index (χ3v) is 14.5. The number of benzene rings is 2. The number of thiol groups is 1. The number of likely N-dealkylation sites (tertiary alicyclic amines) is 2. The molecule has 2 fully saturated rings. The summed E-state index contributed by atoms with van der Waals surface area (Å²) < 4.78 is 30.4. The molecule has 0 bridgehead atoms. The maximum absolute atomic E-state index is 12.7. The smallest absolute Gasteiger partial charge is 0.343 e. The first-order chi connectivity index (χ1) is 30.6. The van der Waals surface area contributed by atoms with Gasteiger partial charge in [0.05, 0.1) is 42.2 Å². The van der Waals surface area contributed by atoms with Crippen molar-refractivity contribution in [2.75, 3.05) is 26.3 Å². The zero-order valence-corrected chi connectivity index (χ0v) is 44.6. The Hall–Kier alpha value is -2.95. The number of carbonyl (C=O) groups excluding carboxylic acids is 2. The van der Waals surface area contributed by atoms with Gasteiger partial charge in [-0.15, -0.1) is 0 Å². The van der Waals surface area contributed by atoms with Crippen LogP contribution in [0, 0.1) is 6.92 Å². The second-order valence-corrected chi connectivity index (χ2v) is 30.3. The average Bonchev–Trinajstić information content (AvgIpc) is 4.11. The van der Waals surface area contributed by atoms with Gasteiger partial charge in [0.25, 0.3) is 0 Å². The standard InChI is InChI=1S/C21H30BrN3O3Si.C21H31N3O3Si.C4H9.BHNS.Li/c1-29(2,3)13-12-27-16-25-19(14-23-20(25)22)18-10-7-11-24(18)21(26)28-15-17-8-5-4-6-9-17;1-28(2,3)13-12-26-17-23-16-22-14-20(23)19-10-7-11-24(19)21(25)27-15-18-8-5-4-6-9-18;1-3-4-2;1-2-3;/h4-6,8-9,14,18H,7,10-13,15-16H2,1-3H3;4-6,8-9,14,16,19H,7,10-13,15,17H2,1-3H3;1,3-4H2,2H3;3H;/q;;-1;;+1/t18-;19-;;;/m00.../s1. The Kier molecular flexibility index (Phi) is 27.9. The minimum Gasteiger partial charge on any atom is -0.343 e. The summed E-state index contributed by atoms with van der Waals surface area (Å²) in [4.78, 5) is 37.7. The van der Waals surface area contributed by atoms with E-state index in [1.54, 1.807) is 6.33 Å². The van der Waals surface area contributed by atoms with Crippen LogP contribution < -0.4 is 18.9 Å². The van der Waals surface area contributed by atoms with Crippen molar-refractivity contribution in [3.8, 4) is 0 Å². The molecule has 4 heterocycles. The number of aromatic nitrogens is 4. The monoisotopic (exact) mass is 1000 g/mol. The molecule has 0 spiro atoms. The summed E-state index contributed by atoms with van der Waals surface area (Å²) in [5.74, 6) is 0. The van der Waals surface area contributed by atoms with Gasteiger partial charge < -0.3 is 30.4 Å². The third kappa shape index (κ3) is 21.7. The largest absolute Gasteiger partial charge is 1.00 e. The number of carbonyl (C=O) groups is 2. The summed E-state index contributed by atoms with van der Waals surface area (Å²) in [6.07, 6.45) is 10.9. The van der Waals surface area contributed by atoms with Crippen LogP contribution in [0.25, 0.3) is 0 Å². The van der Waals surface area contributed by atoms with E-state index in [1.807, 2.05) is 92.0 Å². The van der Waals surface area contributed by atoms with Crippen LogP contribution in [0.1, 0.15) is 80.0 Å². The SMILES string of the molecule is C[Si](C)(C)CCOCn1c([C@@H]2CCCN2C(=O)OCc2ccccc2)cnc1Br.C[Si](C)(C)CCOCn1cncc1[C@@H]1CCCN1C(=O)OCc1ccccc1.[B]=NS.[CH2-]CCC.[Li+]. The van der Waals surface area contributed by atoms with Gasteiger partial charge in [-0.05, 0) is 64.8 Å². The normalized spacial score (nSPS) is 15.6. The quantitative estimate of drug-likeness (QED) is 0.0482. The van der Waals surface area contributed by atoms with Gasteiger partial charge in [-0.1, -0.05) is 113 Å². The Morgan fingerprint density at radius 1 is 0.800 bits per heavy atom. The van der Waals surface area contributed by atoms with E-state index in [-0.39, 0.29) is 49.7 Å². The zero-order chi connectivity index (χ0) is 47.0. The summed E-state index contributed by atoms with van der Waals surface area (Å²) in [6.45, 7) is 24.2. The number of unbranched alkanes of at least 4 members (excludes halogenated alkanes) is 1. The predicted octanol–water partition coefficient (Wildman–Crippen LogP) is 8.91. The van der Waals surface area contributed by atoms with Gasteiger partial charge in [0.15, 0.2) is 4.73 Å². The molecule has 6 rings (SSSR count). The van der Waals surface area contributed by atoms with Gasteiger partial charge in [0.2, 0.25) is 0 Å². The van der Waals surface area contributed by atoms with Crippen LogP contribution >= 0.6 is 28.7 Å². The fourth-order valence-corrected chi connectivity index (χ4v) is 8.66. The Labute approximate surface area is 418 Å². The molecule has 2 saturated heterocycles. The molecule has 4 aromatic rings.